The molecule has 10 heteroatoms. The molecular weight excluding hydrogens is 498 g/mol. The number of carbonyl (C=O) groups is 3. The molecule has 0 radical (unpaired) electrons. The monoisotopic (exact) mass is 523 g/mol. The Bertz CT molecular complexity index is 1440. The molecule has 0 fully saturated rings. The van der Waals surface area contributed by atoms with E-state index in [1.54, 1.807) is 67.4 Å². The van der Waals surface area contributed by atoms with Crippen LogP contribution in [0.4, 0.5) is 11.4 Å². The number of aliphatic carboxylic acids is 2. The third-order valence-electron chi connectivity index (χ3n) is 5.87. The van der Waals surface area contributed by atoms with Crippen LogP contribution in [-0.2, 0) is 16.1 Å². The van der Waals surface area contributed by atoms with E-state index in [1.165, 1.54) is 24.3 Å². The zero-order valence-electron chi connectivity index (χ0n) is 20.6. The van der Waals surface area contributed by atoms with Crippen molar-refractivity contribution in [1.82, 2.24) is 15.3 Å². The summed E-state index contributed by atoms with van der Waals surface area (Å²) in [7, 11) is 0. The van der Waals surface area contributed by atoms with Gasteiger partial charge in [0.25, 0.3) is 5.91 Å². The molecule has 2 aromatic heterocycles. The summed E-state index contributed by atoms with van der Waals surface area (Å²) in [5.41, 5.74) is 3.59. The summed E-state index contributed by atoms with van der Waals surface area (Å²) < 4.78 is 0. The van der Waals surface area contributed by atoms with Crippen LogP contribution in [0.5, 0.6) is 0 Å². The van der Waals surface area contributed by atoms with Crippen LogP contribution in [0.1, 0.15) is 33.0 Å². The lowest BCUT2D eigenvalue weighted by atomic mass is 9.91. The van der Waals surface area contributed by atoms with Crippen LogP contribution in [0.2, 0.25) is 0 Å². The molecule has 2 heterocycles. The molecule has 10 nitrogen and oxygen atoms in total. The number of anilines is 1. The molecule has 0 bridgehead atoms. The standard InChI is InChI=1S/C29H25N5O5/c35-27(22-3-7-24(8-4-22)33-18-20-11-15-31-16-12-20)34-26(29(38)39)25(28(36)37)21-1-5-23(6-2-21)32-17-19-9-13-30-14-10-19/h1-16,18,25-26,32H,17H2,(H,34,35)(H,36,37)(H,38,39). The number of pyridine rings is 2. The smallest absolute Gasteiger partial charge is 0.327 e. The van der Waals surface area contributed by atoms with Crippen molar-refractivity contribution in [3.8, 4) is 0 Å². The number of aliphatic imine (C=N–C) groups is 1. The Morgan fingerprint density at radius 2 is 1.41 bits per heavy atom. The fourth-order valence-electron chi connectivity index (χ4n) is 3.80. The first-order valence-electron chi connectivity index (χ1n) is 11.9. The minimum Gasteiger partial charge on any atom is -0.481 e. The Balaban J connectivity index is 1.44. The topological polar surface area (TPSA) is 154 Å². The van der Waals surface area contributed by atoms with Crippen molar-refractivity contribution in [3.63, 3.8) is 0 Å². The number of nitrogens with zero attached hydrogens (tertiary/aromatic N) is 3. The van der Waals surface area contributed by atoms with Crippen LogP contribution < -0.4 is 10.6 Å². The maximum atomic E-state index is 12.9. The number of nitrogens with one attached hydrogen (secondary N) is 2. The number of aromatic nitrogens is 2. The van der Waals surface area contributed by atoms with Gasteiger partial charge in [0.2, 0.25) is 0 Å². The third-order valence-corrected chi connectivity index (χ3v) is 5.87. The van der Waals surface area contributed by atoms with Gasteiger partial charge >= 0.3 is 11.9 Å². The lowest BCUT2D eigenvalue weighted by Crippen LogP contribution is -2.47. The van der Waals surface area contributed by atoms with Gasteiger partial charge in [-0.05, 0) is 77.4 Å². The van der Waals surface area contributed by atoms with Gasteiger partial charge in [0.1, 0.15) is 12.0 Å². The summed E-state index contributed by atoms with van der Waals surface area (Å²) in [4.78, 5) is 49.3. The molecule has 0 spiro atoms. The Kier molecular flexibility index (Phi) is 8.71. The second kappa shape index (κ2) is 12.7. The molecule has 196 valence electrons. The quantitative estimate of drug-likeness (QED) is 0.216. The van der Waals surface area contributed by atoms with E-state index in [9.17, 15) is 24.6 Å². The lowest BCUT2D eigenvalue weighted by Gasteiger charge is -2.22. The summed E-state index contributed by atoms with van der Waals surface area (Å²) >= 11 is 0. The summed E-state index contributed by atoms with van der Waals surface area (Å²) in [5.74, 6) is -5.06. The van der Waals surface area contributed by atoms with Crippen LogP contribution in [0.3, 0.4) is 0 Å². The van der Waals surface area contributed by atoms with E-state index in [4.69, 9.17) is 0 Å². The first-order valence-corrected chi connectivity index (χ1v) is 11.9. The maximum Gasteiger partial charge on any atom is 0.327 e. The third kappa shape index (κ3) is 7.32. The predicted octanol–water partition coefficient (Wildman–Crippen LogP) is 3.89. The maximum absolute atomic E-state index is 12.9. The van der Waals surface area contributed by atoms with E-state index in [0.717, 1.165) is 16.8 Å². The molecule has 2 aromatic carbocycles. The van der Waals surface area contributed by atoms with E-state index in [2.05, 4.69) is 25.6 Å². The second-order valence-corrected chi connectivity index (χ2v) is 8.52. The molecule has 39 heavy (non-hydrogen) atoms. The fourth-order valence-corrected chi connectivity index (χ4v) is 3.80. The average Bonchev–Trinajstić information content (AvgIpc) is 2.96. The average molecular weight is 524 g/mol. The van der Waals surface area contributed by atoms with Crippen molar-refractivity contribution in [2.45, 2.75) is 18.5 Å². The highest BCUT2D eigenvalue weighted by Crippen LogP contribution is 2.24. The van der Waals surface area contributed by atoms with Crippen molar-refractivity contribution in [2.24, 2.45) is 4.99 Å². The van der Waals surface area contributed by atoms with E-state index >= 15 is 0 Å². The van der Waals surface area contributed by atoms with E-state index < -0.39 is 29.8 Å². The van der Waals surface area contributed by atoms with Crippen LogP contribution in [0.25, 0.3) is 0 Å². The highest BCUT2D eigenvalue weighted by Gasteiger charge is 2.36. The molecule has 4 N–H and O–H groups in total. The summed E-state index contributed by atoms with van der Waals surface area (Å²) in [6, 6.07) is 18.2. The Hall–Kier alpha value is -5.38. The van der Waals surface area contributed by atoms with Crippen LogP contribution in [-0.4, -0.2) is 50.3 Å². The Labute approximate surface area is 224 Å². The molecule has 4 rings (SSSR count). The zero-order chi connectivity index (χ0) is 27.6. The highest BCUT2D eigenvalue weighted by atomic mass is 16.4. The van der Waals surface area contributed by atoms with Gasteiger partial charge in [-0.25, -0.2) is 4.79 Å². The van der Waals surface area contributed by atoms with Gasteiger partial charge in [-0.15, -0.1) is 0 Å². The SMILES string of the molecule is O=C(NC(C(=O)O)C(C(=O)O)c1ccc(NCc2ccncc2)cc1)c1ccc(N=Cc2ccncc2)cc1. The summed E-state index contributed by atoms with van der Waals surface area (Å²) in [6.45, 7) is 0.534. The van der Waals surface area contributed by atoms with E-state index in [1.807, 2.05) is 12.1 Å². The molecule has 4 aromatic rings. The number of rotatable bonds is 11. The number of carboxylic acids is 2. The van der Waals surface area contributed by atoms with Gasteiger partial charge in [0, 0.05) is 48.8 Å². The minimum atomic E-state index is -1.70. The van der Waals surface area contributed by atoms with Crippen molar-refractivity contribution in [2.75, 3.05) is 5.32 Å². The van der Waals surface area contributed by atoms with Crippen LogP contribution in [0, 0.1) is 0 Å². The van der Waals surface area contributed by atoms with Gasteiger partial charge in [0.05, 0.1) is 5.69 Å². The number of hydrogen-bond donors (Lipinski definition) is 4. The van der Waals surface area contributed by atoms with Gasteiger partial charge in [-0.1, -0.05) is 12.1 Å². The van der Waals surface area contributed by atoms with E-state index in [0.29, 0.717) is 12.2 Å². The predicted molar refractivity (Wildman–Crippen MR) is 145 cm³/mol. The Morgan fingerprint density at radius 3 is 2.00 bits per heavy atom. The van der Waals surface area contributed by atoms with Crippen molar-refractivity contribution >= 4 is 35.4 Å². The molecule has 1 amide bonds. The number of carbonyl (C=O) groups excluding carboxylic acids is 1. The van der Waals surface area contributed by atoms with Crippen LogP contribution in [0.15, 0.2) is 103 Å². The first-order chi connectivity index (χ1) is 18.9. The van der Waals surface area contributed by atoms with Crippen molar-refractivity contribution < 1.29 is 24.6 Å². The molecular formula is C29H25N5O5. The molecule has 0 saturated carbocycles. The minimum absolute atomic E-state index is 0.170. The second-order valence-electron chi connectivity index (χ2n) is 8.52. The lowest BCUT2D eigenvalue weighted by molar-refractivity contribution is -0.147. The van der Waals surface area contributed by atoms with Crippen LogP contribution >= 0.6 is 0 Å². The molecule has 0 aliphatic rings. The number of benzene rings is 2. The Morgan fingerprint density at radius 1 is 0.795 bits per heavy atom. The molecule has 2 unspecified atom stereocenters. The molecule has 0 aliphatic carbocycles. The van der Waals surface area contributed by atoms with Crippen molar-refractivity contribution in [3.05, 3.63) is 120 Å². The molecule has 0 aliphatic heterocycles. The normalized spacial score (nSPS) is 12.4. The number of carboxylic acid groups (broad SMARTS) is 2. The molecule has 0 saturated heterocycles. The highest BCUT2D eigenvalue weighted by molar-refractivity contribution is 5.98. The number of amides is 1. The van der Waals surface area contributed by atoms with E-state index in [-0.39, 0.29) is 11.1 Å². The van der Waals surface area contributed by atoms with Gasteiger partial charge in [0.15, 0.2) is 0 Å². The molecule has 2 atom stereocenters. The summed E-state index contributed by atoms with van der Waals surface area (Å²) in [5, 5.41) is 25.3. The van der Waals surface area contributed by atoms with Gasteiger partial charge < -0.3 is 20.8 Å². The van der Waals surface area contributed by atoms with Gasteiger partial charge in [-0.3, -0.25) is 24.5 Å². The van der Waals surface area contributed by atoms with Crippen molar-refractivity contribution in [1.29, 1.82) is 0 Å². The zero-order valence-corrected chi connectivity index (χ0v) is 20.6. The summed E-state index contributed by atoms with van der Waals surface area (Å²) in [6.07, 6.45) is 8.31. The fraction of sp³-hybridized carbons (Fsp3) is 0.103. The largest absolute Gasteiger partial charge is 0.481 e. The number of hydrogen-bond acceptors (Lipinski definition) is 7. The first kappa shape index (κ1) is 26.7. The van der Waals surface area contributed by atoms with Gasteiger partial charge in [-0.2, -0.15) is 0 Å².